The first-order valence-corrected chi connectivity index (χ1v) is 4.62. The van der Waals surface area contributed by atoms with E-state index in [1.807, 2.05) is 0 Å². The van der Waals surface area contributed by atoms with E-state index in [4.69, 9.17) is 0 Å². The normalized spacial score (nSPS) is 13.7. The molecule has 0 bridgehead atoms. The molecule has 8 heteroatoms. The number of alkyl halides is 7. The summed E-state index contributed by atoms with van der Waals surface area (Å²) in [5.41, 5.74) is 0. The number of hydrogen-bond donors (Lipinski definition) is 0. The van der Waals surface area contributed by atoms with Gasteiger partial charge in [-0.25, -0.2) is 0 Å². The lowest BCUT2D eigenvalue weighted by Crippen LogP contribution is -2.44. The summed E-state index contributed by atoms with van der Waals surface area (Å²) in [6.45, 7) is -0.588. The summed E-state index contributed by atoms with van der Waals surface area (Å²) < 4.78 is 74.5. The van der Waals surface area contributed by atoms with Crippen molar-refractivity contribution >= 4 is 15.9 Å². The minimum Gasteiger partial charge on any atom is -0.361 e. The fraction of sp³-hybridized carbons (Fsp3) is 1.00. The Kier molecular flexibility index (Phi) is 5.21. The molecule has 0 heterocycles. The molecule has 0 unspecified atom stereocenters. The molecule has 0 saturated heterocycles. The Morgan fingerprint density at radius 3 is 1.71 bits per heavy atom. The first kappa shape index (κ1) is 14.0. The maximum atomic E-state index is 11.8. The summed E-state index contributed by atoms with van der Waals surface area (Å²) in [4.78, 5) is 0. The molecule has 0 atom stereocenters. The molecule has 0 aromatic carbocycles. The van der Waals surface area contributed by atoms with Gasteiger partial charge in [-0.05, 0) is 6.42 Å². The van der Waals surface area contributed by atoms with Gasteiger partial charge in [-0.15, -0.1) is 0 Å². The standard InChI is InChI=1S/C6H7BrF6O/c7-2-1-3-14-4(5(8,9)10)6(11,12)13/h4H,1-3H2. The lowest BCUT2D eigenvalue weighted by atomic mass is 10.3. The largest absolute Gasteiger partial charge is 0.423 e. The van der Waals surface area contributed by atoms with Crippen molar-refractivity contribution in [2.24, 2.45) is 0 Å². The number of halogens is 7. The Balaban J connectivity index is 4.28. The van der Waals surface area contributed by atoms with Crippen LogP contribution in [0.5, 0.6) is 0 Å². The SMILES string of the molecule is FC(F)(F)C(OCCCBr)C(F)(F)F. The Morgan fingerprint density at radius 2 is 1.43 bits per heavy atom. The summed E-state index contributed by atoms with van der Waals surface area (Å²) in [7, 11) is 0. The molecule has 0 N–H and O–H groups in total. The van der Waals surface area contributed by atoms with E-state index < -0.39 is 25.1 Å². The fourth-order valence-corrected chi connectivity index (χ4v) is 0.859. The van der Waals surface area contributed by atoms with E-state index in [1.54, 1.807) is 0 Å². The van der Waals surface area contributed by atoms with E-state index >= 15 is 0 Å². The van der Waals surface area contributed by atoms with Crippen LogP contribution in [-0.2, 0) is 4.74 Å². The van der Waals surface area contributed by atoms with Crippen molar-refractivity contribution in [2.45, 2.75) is 24.9 Å². The maximum Gasteiger partial charge on any atom is 0.423 e. The monoisotopic (exact) mass is 288 g/mol. The van der Waals surface area contributed by atoms with Crippen LogP contribution in [0.2, 0.25) is 0 Å². The zero-order valence-corrected chi connectivity index (χ0v) is 8.34. The highest BCUT2D eigenvalue weighted by molar-refractivity contribution is 9.09. The molecule has 0 amide bonds. The Labute approximate surface area is 84.5 Å². The van der Waals surface area contributed by atoms with Gasteiger partial charge in [0.1, 0.15) is 0 Å². The third-order valence-electron chi connectivity index (χ3n) is 1.16. The minimum absolute atomic E-state index is 0.0860. The van der Waals surface area contributed by atoms with Crippen molar-refractivity contribution < 1.29 is 31.1 Å². The first-order chi connectivity index (χ1) is 6.19. The Bertz CT molecular complexity index is 151. The molecule has 0 spiro atoms. The number of hydrogen-bond acceptors (Lipinski definition) is 1. The van der Waals surface area contributed by atoms with Gasteiger partial charge in [-0.1, -0.05) is 15.9 Å². The average Bonchev–Trinajstić information content (AvgIpc) is 1.92. The number of ether oxygens (including phenoxy) is 1. The lowest BCUT2D eigenvalue weighted by Gasteiger charge is -2.22. The van der Waals surface area contributed by atoms with Gasteiger partial charge >= 0.3 is 12.4 Å². The summed E-state index contributed by atoms with van der Waals surface area (Å²) in [6.07, 6.45) is -14.4. The van der Waals surface area contributed by atoms with Gasteiger partial charge in [0.2, 0.25) is 6.10 Å². The van der Waals surface area contributed by atoms with Crippen molar-refractivity contribution in [1.82, 2.24) is 0 Å². The second kappa shape index (κ2) is 5.20. The molecule has 0 fully saturated rings. The molecule has 0 aliphatic heterocycles. The molecular formula is C6H7BrF6O. The highest BCUT2D eigenvalue weighted by Crippen LogP contribution is 2.35. The topological polar surface area (TPSA) is 9.23 Å². The molecule has 0 saturated carbocycles. The van der Waals surface area contributed by atoms with Crippen LogP contribution >= 0.6 is 15.9 Å². The molecule has 0 aliphatic carbocycles. The minimum atomic E-state index is -5.41. The van der Waals surface area contributed by atoms with E-state index in [-0.39, 0.29) is 11.8 Å². The van der Waals surface area contributed by atoms with Crippen molar-refractivity contribution in [3.8, 4) is 0 Å². The molecule has 0 rings (SSSR count). The summed E-state index contributed by atoms with van der Waals surface area (Å²) in [6, 6.07) is 0. The first-order valence-electron chi connectivity index (χ1n) is 3.50. The van der Waals surface area contributed by atoms with Crippen molar-refractivity contribution in [3.63, 3.8) is 0 Å². The quantitative estimate of drug-likeness (QED) is 0.438. The average molecular weight is 289 g/mol. The summed E-state index contributed by atoms with van der Waals surface area (Å²) in [5.74, 6) is 0. The fourth-order valence-electron chi connectivity index (χ4n) is 0.630. The molecule has 0 aromatic heterocycles. The van der Waals surface area contributed by atoms with Crippen molar-refractivity contribution in [2.75, 3.05) is 11.9 Å². The zero-order valence-electron chi connectivity index (χ0n) is 6.75. The maximum absolute atomic E-state index is 11.8. The van der Waals surface area contributed by atoms with Crippen molar-refractivity contribution in [3.05, 3.63) is 0 Å². The predicted molar refractivity (Wildman–Crippen MR) is 40.3 cm³/mol. The highest BCUT2D eigenvalue weighted by atomic mass is 79.9. The lowest BCUT2D eigenvalue weighted by molar-refractivity contribution is -0.321. The van der Waals surface area contributed by atoms with Crippen LogP contribution in [0.25, 0.3) is 0 Å². The molecule has 0 aromatic rings. The van der Waals surface area contributed by atoms with Crippen molar-refractivity contribution in [1.29, 1.82) is 0 Å². The third kappa shape index (κ3) is 5.04. The van der Waals surface area contributed by atoms with Gasteiger partial charge < -0.3 is 4.74 Å². The Morgan fingerprint density at radius 1 is 1.00 bits per heavy atom. The summed E-state index contributed by atoms with van der Waals surface area (Å²) in [5, 5.41) is 0.287. The second-order valence-electron chi connectivity index (χ2n) is 2.38. The highest BCUT2D eigenvalue weighted by Gasteiger charge is 2.57. The van der Waals surface area contributed by atoms with Gasteiger partial charge in [0.25, 0.3) is 0 Å². The van der Waals surface area contributed by atoms with Crippen LogP contribution in [-0.4, -0.2) is 30.4 Å². The van der Waals surface area contributed by atoms with Gasteiger partial charge in [-0.3, -0.25) is 0 Å². The second-order valence-corrected chi connectivity index (χ2v) is 3.17. The van der Waals surface area contributed by atoms with Gasteiger partial charge in [0, 0.05) is 11.9 Å². The van der Waals surface area contributed by atoms with Crippen LogP contribution < -0.4 is 0 Å². The zero-order chi connectivity index (χ0) is 11.4. The van der Waals surface area contributed by atoms with E-state index in [0.29, 0.717) is 0 Å². The van der Waals surface area contributed by atoms with Crippen LogP contribution in [0.1, 0.15) is 6.42 Å². The molecule has 14 heavy (non-hydrogen) atoms. The van der Waals surface area contributed by atoms with Gasteiger partial charge in [0.15, 0.2) is 0 Å². The molecule has 1 nitrogen and oxygen atoms in total. The summed E-state index contributed by atoms with van der Waals surface area (Å²) >= 11 is 2.86. The Hall–Kier alpha value is 0.0200. The third-order valence-corrected chi connectivity index (χ3v) is 1.72. The van der Waals surface area contributed by atoms with Crippen LogP contribution in [0.15, 0.2) is 0 Å². The van der Waals surface area contributed by atoms with E-state index in [0.717, 1.165) is 0 Å². The molecular weight excluding hydrogens is 282 g/mol. The van der Waals surface area contributed by atoms with E-state index in [1.165, 1.54) is 0 Å². The van der Waals surface area contributed by atoms with Crippen LogP contribution in [0.4, 0.5) is 26.3 Å². The molecule has 0 aliphatic rings. The molecule has 0 radical (unpaired) electrons. The number of rotatable bonds is 4. The van der Waals surface area contributed by atoms with E-state index in [9.17, 15) is 26.3 Å². The van der Waals surface area contributed by atoms with E-state index in [2.05, 4.69) is 20.7 Å². The van der Waals surface area contributed by atoms with Gasteiger partial charge in [0.05, 0.1) is 0 Å². The van der Waals surface area contributed by atoms with Crippen LogP contribution in [0.3, 0.4) is 0 Å². The van der Waals surface area contributed by atoms with Crippen LogP contribution in [0, 0.1) is 0 Å². The predicted octanol–water partition coefficient (Wildman–Crippen LogP) is 3.28. The molecule has 86 valence electrons. The smallest absolute Gasteiger partial charge is 0.361 e. The van der Waals surface area contributed by atoms with Gasteiger partial charge in [-0.2, -0.15) is 26.3 Å².